The lowest BCUT2D eigenvalue weighted by molar-refractivity contribution is 0.220. The highest BCUT2D eigenvalue weighted by Crippen LogP contribution is 2.10. The molecule has 1 aromatic carbocycles. The van der Waals surface area contributed by atoms with Crippen molar-refractivity contribution in [3.63, 3.8) is 0 Å². The van der Waals surface area contributed by atoms with Crippen molar-refractivity contribution in [1.29, 1.82) is 0 Å². The average Bonchev–Trinajstić information content (AvgIpc) is 2.55. The predicted molar refractivity (Wildman–Crippen MR) is 96.3 cm³/mol. The minimum absolute atomic E-state index is 0.395. The van der Waals surface area contributed by atoms with Gasteiger partial charge in [-0.05, 0) is 38.9 Å². The van der Waals surface area contributed by atoms with Gasteiger partial charge in [0, 0.05) is 19.1 Å². The summed E-state index contributed by atoms with van der Waals surface area (Å²) in [4.78, 5) is 9.22. The number of likely N-dealkylation sites (N-methyl/N-ethyl adjacent to an activating group) is 1. The molecule has 1 rings (SSSR count). The van der Waals surface area contributed by atoms with E-state index in [1.165, 1.54) is 5.56 Å². The first-order valence-electron chi connectivity index (χ1n) is 8.48. The Balaban J connectivity index is 2.80. The van der Waals surface area contributed by atoms with Crippen molar-refractivity contribution in [3.05, 3.63) is 35.9 Å². The molecular formula is C18H32N4. The molecule has 2 N–H and O–H groups in total. The summed E-state index contributed by atoms with van der Waals surface area (Å²) in [6, 6.07) is 11.0. The molecule has 0 saturated heterocycles. The van der Waals surface area contributed by atoms with Gasteiger partial charge in [-0.15, -0.1) is 0 Å². The molecule has 1 unspecified atom stereocenters. The molecule has 4 heteroatoms. The molecule has 0 aliphatic carbocycles. The Morgan fingerprint density at radius 3 is 2.09 bits per heavy atom. The highest BCUT2D eigenvalue weighted by Gasteiger charge is 2.16. The third-order valence-corrected chi connectivity index (χ3v) is 4.19. The summed E-state index contributed by atoms with van der Waals surface area (Å²) in [5, 5.41) is 0. The van der Waals surface area contributed by atoms with Gasteiger partial charge in [-0.3, -0.25) is 9.89 Å². The average molecular weight is 304 g/mol. The van der Waals surface area contributed by atoms with Crippen LogP contribution in [0.4, 0.5) is 0 Å². The van der Waals surface area contributed by atoms with E-state index in [4.69, 9.17) is 5.73 Å². The van der Waals surface area contributed by atoms with E-state index in [2.05, 4.69) is 72.8 Å². The Hall–Kier alpha value is -1.55. The molecule has 0 aromatic heterocycles. The van der Waals surface area contributed by atoms with Gasteiger partial charge in [-0.2, -0.15) is 0 Å². The lowest BCUT2D eigenvalue weighted by Crippen LogP contribution is -2.41. The smallest absolute Gasteiger partial charge is 0.191 e. The largest absolute Gasteiger partial charge is 0.370 e. The van der Waals surface area contributed by atoms with Gasteiger partial charge in [0.15, 0.2) is 5.96 Å². The van der Waals surface area contributed by atoms with E-state index in [1.807, 2.05) is 0 Å². The van der Waals surface area contributed by atoms with E-state index >= 15 is 0 Å². The van der Waals surface area contributed by atoms with Crippen LogP contribution in [0.5, 0.6) is 0 Å². The maximum absolute atomic E-state index is 6.12. The second kappa shape index (κ2) is 10.2. The van der Waals surface area contributed by atoms with Crippen molar-refractivity contribution in [3.8, 4) is 0 Å². The van der Waals surface area contributed by atoms with Gasteiger partial charge in [-0.1, -0.05) is 44.2 Å². The van der Waals surface area contributed by atoms with E-state index < -0.39 is 0 Å². The van der Waals surface area contributed by atoms with E-state index in [9.17, 15) is 0 Å². The molecule has 0 bridgehead atoms. The number of rotatable bonds is 9. The Morgan fingerprint density at radius 1 is 1.00 bits per heavy atom. The SMILES string of the molecule is CCN(CC)C(N)=NCC(Cc1ccccc1)N(CC)CC. The zero-order valence-electron chi connectivity index (χ0n) is 14.6. The van der Waals surface area contributed by atoms with E-state index in [0.717, 1.165) is 39.1 Å². The molecule has 0 radical (unpaired) electrons. The Morgan fingerprint density at radius 2 is 1.59 bits per heavy atom. The fraction of sp³-hybridized carbons (Fsp3) is 0.611. The minimum atomic E-state index is 0.395. The van der Waals surface area contributed by atoms with Crippen LogP contribution in [0.1, 0.15) is 33.3 Å². The predicted octanol–water partition coefficient (Wildman–Crippen LogP) is 2.60. The molecule has 0 aliphatic heterocycles. The number of hydrogen-bond donors (Lipinski definition) is 1. The van der Waals surface area contributed by atoms with E-state index in [0.29, 0.717) is 12.0 Å². The first kappa shape index (κ1) is 18.5. The van der Waals surface area contributed by atoms with Crippen molar-refractivity contribution in [2.24, 2.45) is 10.7 Å². The fourth-order valence-corrected chi connectivity index (χ4v) is 2.78. The third-order valence-electron chi connectivity index (χ3n) is 4.19. The minimum Gasteiger partial charge on any atom is -0.370 e. The van der Waals surface area contributed by atoms with Gasteiger partial charge in [0.25, 0.3) is 0 Å². The summed E-state index contributed by atoms with van der Waals surface area (Å²) in [6.45, 7) is 13.3. The molecule has 0 fully saturated rings. The first-order chi connectivity index (χ1) is 10.7. The van der Waals surface area contributed by atoms with Crippen molar-refractivity contribution in [1.82, 2.24) is 9.80 Å². The number of nitrogens with zero attached hydrogens (tertiary/aromatic N) is 3. The van der Waals surface area contributed by atoms with E-state index in [-0.39, 0.29) is 0 Å². The summed E-state index contributed by atoms with van der Waals surface area (Å²) in [7, 11) is 0. The maximum atomic E-state index is 6.12. The summed E-state index contributed by atoms with van der Waals surface area (Å²) in [5.74, 6) is 0.662. The van der Waals surface area contributed by atoms with Crippen LogP contribution in [-0.4, -0.2) is 54.5 Å². The van der Waals surface area contributed by atoms with Crippen LogP contribution in [0, 0.1) is 0 Å². The zero-order chi connectivity index (χ0) is 16.4. The standard InChI is InChI=1S/C18H32N4/c1-5-21(6-2)17(14-16-12-10-9-11-13-16)15-20-18(19)22(7-3)8-4/h9-13,17H,5-8,14-15H2,1-4H3,(H2,19,20). The Bertz CT molecular complexity index is 422. The summed E-state index contributed by atoms with van der Waals surface area (Å²) < 4.78 is 0. The second-order valence-corrected chi connectivity index (χ2v) is 5.44. The van der Waals surface area contributed by atoms with Crippen LogP contribution in [-0.2, 0) is 6.42 Å². The molecule has 22 heavy (non-hydrogen) atoms. The van der Waals surface area contributed by atoms with Crippen LogP contribution in [0.25, 0.3) is 0 Å². The molecule has 124 valence electrons. The molecule has 0 heterocycles. The normalized spacial score (nSPS) is 13.4. The van der Waals surface area contributed by atoms with E-state index in [1.54, 1.807) is 0 Å². The van der Waals surface area contributed by atoms with Gasteiger partial charge >= 0.3 is 0 Å². The van der Waals surface area contributed by atoms with Crippen molar-refractivity contribution in [2.45, 2.75) is 40.2 Å². The Labute approximate surface area is 136 Å². The summed E-state index contributed by atoms with van der Waals surface area (Å²) in [6.07, 6.45) is 1.01. The first-order valence-corrected chi connectivity index (χ1v) is 8.48. The van der Waals surface area contributed by atoms with Crippen LogP contribution in [0.2, 0.25) is 0 Å². The highest BCUT2D eigenvalue weighted by atomic mass is 15.3. The molecule has 1 atom stereocenters. The van der Waals surface area contributed by atoms with Crippen molar-refractivity contribution in [2.75, 3.05) is 32.7 Å². The van der Waals surface area contributed by atoms with Crippen LogP contribution in [0.15, 0.2) is 35.3 Å². The third kappa shape index (κ3) is 5.68. The molecule has 0 aliphatic rings. The Kier molecular flexibility index (Phi) is 8.60. The van der Waals surface area contributed by atoms with Crippen LogP contribution < -0.4 is 5.73 Å². The summed E-state index contributed by atoms with van der Waals surface area (Å²) in [5.41, 5.74) is 7.48. The number of hydrogen-bond acceptors (Lipinski definition) is 2. The number of nitrogens with two attached hydrogens (primary N) is 1. The van der Waals surface area contributed by atoms with Crippen molar-refractivity contribution >= 4 is 5.96 Å². The molecule has 0 spiro atoms. The molecular weight excluding hydrogens is 272 g/mol. The molecule has 0 amide bonds. The molecule has 4 nitrogen and oxygen atoms in total. The van der Waals surface area contributed by atoms with Gasteiger partial charge in [0.1, 0.15) is 0 Å². The lowest BCUT2D eigenvalue weighted by atomic mass is 10.0. The maximum Gasteiger partial charge on any atom is 0.191 e. The number of benzene rings is 1. The van der Waals surface area contributed by atoms with Gasteiger partial charge in [0.2, 0.25) is 0 Å². The van der Waals surface area contributed by atoms with Gasteiger partial charge in [0.05, 0.1) is 6.54 Å². The topological polar surface area (TPSA) is 44.9 Å². The molecule has 0 saturated carbocycles. The summed E-state index contributed by atoms with van der Waals surface area (Å²) >= 11 is 0. The highest BCUT2D eigenvalue weighted by molar-refractivity contribution is 5.78. The van der Waals surface area contributed by atoms with Crippen molar-refractivity contribution < 1.29 is 0 Å². The lowest BCUT2D eigenvalue weighted by Gasteiger charge is -2.29. The second-order valence-electron chi connectivity index (χ2n) is 5.44. The van der Waals surface area contributed by atoms with Gasteiger partial charge in [-0.25, -0.2) is 0 Å². The zero-order valence-corrected chi connectivity index (χ0v) is 14.6. The van der Waals surface area contributed by atoms with Crippen LogP contribution in [0.3, 0.4) is 0 Å². The number of aliphatic imine (C=N–C) groups is 1. The fourth-order valence-electron chi connectivity index (χ4n) is 2.78. The number of guanidine groups is 1. The quantitative estimate of drug-likeness (QED) is 0.563. The molecule has 1 aromatic rings. The monoisotopic (exact) mass is 304 g/mol. The van der Waals surface area contributed by atoms with Gasteiger partial charge < -0.3 is 10.6 Å². The van der Waals surface area contributed by atoms with Crippen LogP contribution >= 0.6 is 0 Å².